The summed E-state index contributed by atoms with van der Waals surface area (Å²) in [4.78, 5) is 12.9. The number of nitrogens with zero attached hydrogens (tertiary/aromatic N) is 1. The Kier molecular flexibility index (Phi) is 3.32. The van der Waals surface area contributed by atoms with E-state index in [1.165, 1.54) is 4.90 Å². The van der Waals surface area contributed by atoms with Gasteiger partial charge in [-0.2, -0.15) is 0 Å². The van der Waals surface area contributed by atoms with Crippen molar-refractivity contribution in [2.24, 2.45) is 0 Å². The second kappa shape index (κ2) is 4.08. The third kappa shape index (κ3) is 2.09. The summed E-state index contributed by atoms with van der Waals surface area (Å²) in [7, 11) is 0. The van der Waals surface area contributed by atoms with Crippen molar-refractivity contribution in [2.75, 3.05) is 13.1 Å². The zero-order chi connectivity index (χ0) is 9.14. The van der Waals surface area contributed by atoms with Crippen LogP contribution in [-0.2, 0) is 4.79 Å². The van der Waals surface area contributed by atoms with Crippen LogP contribution in [0.25, 0.3) is 0 Å². The van der Waals surface area contributed by atoms with E-state index in [-0.39, 0.29) is 12.5 Å². The van der Waals surface area contributed by atoms with Crippen LogP contribution in [0.4, 0.5) is 4.39 Å². The summed E-state index contributed by atoms with van der Waals surface area (Å²) in [5.74, 6) is -0.126. The van der Waals surface area contributed by atoms with E-state index in [1.54, 1.807) is 0 Å². The van der Waals surface area contributed by atoms with Gasteiger partial charge in [0.1, 0.15) is 11.5 Å². The molecule has 2 nitrogen and oxygen atoms in total. The Hall–Kier alpha value is -0.310. The van der Waals surface area contributed by atoms with Crippen molar-refractivity contribution in [2.45, 2.75) is 31.3 Å². The van der Waals surface area contributed by atoms with Gasteiger partial charge >= 0.3 is 0 Å². The first-order valence-electron chi connectivity index (χ1n) is 4.22. The third-order valence-electron chi connectivity index (χ3n) is 2.07. The van der Waals surface area contributed by atoms with Crippen LogP contribution in [0.3, 0.4) is 0 Å². The molecule has 0 aromatic heterocycles. The van der Waals surface area contributed by atoms with Gasteiger partial charge in [-0.3, -0.25) is 4.79 Å². The Morgan fingerprint density at radius 1 is 1.83 bits per heavy atom. The molecule has 1 rings (SSSR count). The number of carbonyl (C=O) groups excluding carboxylic acids is 1. The number of hydrogen-bond acceptors (Lipinski definition) is 1. The average Bonchev–Trinajstić information content (AvgIpc) is 2.49. The Morgan fingerprint density at radius 3 is 2.92 bits per heavy atom. The van der Waals surface area contributed by atoms with Crippen LogP contribution in [0.5, 0.6) is 0 Å². The van der Waals surface area contributed by atoms with E-state index in [2.05, 4.69) is 0 Å². The van der Waals surface area contributed by atoms with E-state index >= 15 is 0 Å². The molecule has 1 saturated heterocycles. The maximum atomic E-state index is 12.7. The fourth-order valence-electron chi connectivity index (χ4n) is 1.29. The molecule has 1 fully saturated rings. The van der Waals surface area contributed by atoms with Gasteiger partial charge in [-0.1, -0.05) is 6.92 Å². The molecule has 2 atom stereocenters. The molecule has 0 aromatic carbocycles. The van der Waals surface area contributed by atoms with Gasteiger partial charge in [0.05, 0.1) is 6.54 Å². The average molecular weight is 194 g/mol. The molecular weight excluding hydrogens is 181 g/mol. The van der Waals surface area contributed by atoms with Gasteiger partial charge in [-0.05, 0) is 12.8 Å². The molecule has 1 heterocycles. The number of carbonyl (C=O) groups is 1. The highest BCUT2D eigenvalue weighted by Gasteiger charge is 2.28. The van der Waals surface area contributed by atoms with Gasteiger partial charge in [0.25, 0.3) is 0 Å². The zero-order valence-electron chi connectivity index (χ0n) is 7.09. The van der Waals surface area contributed by atoms with Crippen LogP contribution in [0.2, 0.25) is 0 Å². The minimum Gasteiger partial charge on any atom is -0.338 e. The molecule has 0 aromatic rings. The van der Waals surface area contributed by atoms with Crippen LogP contribution in [0.15, 0.2) is 0 Å². The molecular formula is C8H13ClFNO. The van der Waals surface area contributed by atoms with Gasteiger partial charge in [-0.15, -0.1) is 11.6 Å². The van der Waals surface area contributed by atoms with Crippen molar-refractivity contribution in [3.05, 3.63) is 0 Å². The summed E-state index contributed by atoms with van der Waals surface area (Å²) in [5.41, 5.74) is 0. The first-order chi connectivity index (χ1) is 5.65. The Bertz CT molecular complexity index is 176. The first-order valence-corrected chi connectivity index (χ1v) is 4.65. The maximum Gasteiger partial charge on any atom is 0.240 e. The van der Waals surface area contributed by atoms with Gasteiger partial charge < -0.3 is 4.90 Å². The normalized spacial score (nSPS) is 25.9. The molecule has 0 N–H and O–H groups in total. The molecule has 0 saturated carbocycles. The summed E-state index contributed by atoms with van der Waals surface area (Å²) in [6, 6.07) is 0. The second-order valence-corrected chi connectivity index (χ2v) is 3.57. The number of alkyl halides is 2. The van der Waals surface area contributed by atoms with E-state index in [1.807, 2.05) is 6.92 Å². The fraction of sp³-hybridized carbons (Fsp3) is 0.875. The van der Waals surface area contributed by atoms with E-state index < -0.39 is 11.5 Å². The molecule has 1 aliphatic rings. The fourth-order valence-corrected chi connectivity index (χ4v) is 1.43. The lowest BCUT2D eigenvalue weighted by Gasteiger charge is -2.17. The molecule has 1 amide bonds. The van der Waals surface area contributed by atoms with Crippen molar-refractivity contribution in [3.8, 4) is 0 Å². The highest BCUT2D eigenvalue weighted by molar-refractivity contribution is 6.30. The number of halogens is 2. The lowest BCUT2D eigenvalue weighted by Crippen LogP contribution is -2.34. The highest BCUT2D eigenvalue weighted by atomic mass is 35.5. The van der Waals surface area contributed by atoms with Crippen molar-refractivity contribution < 1.29 is 9.18 Å². The van der Waals surface area contributed by atoms with Crippen LogP contribution < -0.4 is 0 Å². The Labute approximate surface area is 76.7 Å². The minimum absolute atomic E-state index is 0.126. The van der Waals surface area contributed by atoms with Gasteiger partial charge in [0, 0.05) is 6.54 Å². The quantitative estimate of drug-likeness (QED) is 0.610. The van der Waals surface area contributed by atoms with Gasteiger partial charge in [0.15, 0.2) is 0 Å². The smallest absolute Gasteiger partial charge is 0.240 e. The Morgan fingerprint density at radius 2 is 2.50 bits per heavy atom. The summed E-state index contributed by atoms with van der Waals surface area (Å²) in [6.45, 7) is 2.59. The number of likely N-dealkylation sites (tertiary alicyclic amines) is 1. The van der Waals surface area contributed by atoms with Crippen LogP contribution in [-0.4, -0.2) is 35.4 Å². The summed E-state index contributed by atoms with van der Waals surface area (Å²) in [6.07, 6.45) is 0.210. The topological polar surface area (TPSA) is 20.3 Å². The van der Waals surface area contributed by atoms with Crippen molar-refractivity contribution in [1.82, 2.24) is 4.90 Å². The monoisotopic (exact) mass is 193 g/mol. The molecule has 0 bridgehead atoms. The zero-order valence-corrected chi connectivity index (χ0v) is 7.85. The SMILES string of the molecule is CCC(Cl)C(=O)N1CCC(F)C1. The van der Waals surface area contributed by atoms with E-state index in [9.17, 15) is 9.18 Å². The predicted molar refractivity (Wildman–Crippen MR) is 46.0 cm³/mol. The van der Waals surface area contributed by atoms with Crippen molar-refractivity contribution in [1.29, 1.82) is 0 Å². The molecule has 70 valence electrons. The lowest BCUT2D eigenvalue weighted by molar-refractivity contribution is -0.130. The van der Waals surface area contributed by atoms with Crippen LogP contribution >= 0.6 is 11.6 Å². The minimum atomic E-state index is -0.852. The number of hydrogen-bond donors (Lipinski definition) is 0. The molecule has 4 heteroatoms. The number of amides is 1. The van der Waals surface area contributed by atoms with Gasteiger partial charge in [-0.25, -0.2) is 4.39 Å². The largest absolute Gasteiger partial charge is 0.338 e. The molecule has 0 spiro atoms. The number of rotatable bonds is 2. The summed E-state index contributed by atoms with van der Waals surface area (Å²) in [5, 5.41) is -0.477. The van der Waals surface area contributed by atoms with E-state index in [0.29, 0.717) is 19.4 Å². The highest BCUT2D eigenvalue weighted by Crippen LogP contribution is 2.16. The van der Waals surface area contributed by atoms with E-state index in [4.69, 9.17) is 11.6 Å². The molecule has 1 aliphatic heterocycles. The summed E-state index contributed by atoms with van der Waals surface area (Å²) < 4.78 is 12.7. The molecule has 2 unspecified atom stereocenters. The molecule has 0 aliphatic carbocycles. The van der Waals surface area contributed by atoms with Crippen LogP contribution in [0, 0.1) is 0 Å². The lowest BCUT2D eigenvalue weighted by atomic mass is 10.3. The summed E-state index contributed by atoms with van der Waals surface area (Å²) >= 11 is 5.73. The van der Waals surface area contributed by atoms with Crippen molar-refractivity contribution >= 4 is 17.5 Å². The third-order valence-corrected chi connectivity index (χ3v) is 2.56. The maximum absolute atomic E-state index is 12.7. The standard InChI is InChI=1S/C8H13ClFNO/c1-2-7(9)8(12)11-4-3-6(10)5-11/h6-7H,2-5H2,1H3. The van der Waals surface area contributed by atoms with Crippen molar-refractivity contribution in [3.63, 3.8) is 0 Å². The Balaban J connectivity index is 2.43. The molecule has 0 radical (unpaired) electrons. The predicted octanol–water partition coefficient (Wildman–Crippen LogP) is 1.57. The van der Waals surface area contributed by atoms with Crippen LogP contribution in [0.1, 0.15) is 19.8 Å². The van der Waals surface area contributed by atoms with E-state index in [0.717, 1.165) is 0 Å². The second-order valence-electron chi connectivity index (χ2n) is 3.05. The first kappa shape index (κ1) is 9.78. The van der Waals surface area contributed by atoms with Gasteiger partial charge in [0.2, 0.25) is 5.91 Å². The molecule has 12 heavy (non-hydrogen) atoms.